The minimum atomic E-state index is -1.29. The van der Waals surface area contributed by atoms with Gasteiger partial charge in [-0.2, -0.15) is 0 Å². The van der Waals surface area contributed by atoms with E-state index in [1.165, 1.54) is 0 Å². The quantitative estimate of drug-likeness (QED) is 0.886. The molecule has 3 nitrogen and oxygen atoms in total. The Bertz CT molecular complexity index is 559. The maximum Gasteiger partial charge on any atom is 0.143 e. The molecule has 1 N–H and O–H groups in total. The Morgan fingerprint density at radius 3 is 2.43 bits per heavy atom. The summed E-state index contributed by atoms with van der Waals surface area (Å²) in [5.41, 5.74) is -1.92. The van der Waals surface area contributed by atoms with Crippen LogP contribution in [0.25, 0.3) is 0 Å². The van der Waals surface area contributed by atoms with Crippen molar-refractivity contribution in [3.63, 3.8) is 0 Å². The van der Waals surface area contributed by atoms with Crippen molar-refractivity contribution in [1.82, 2.24) is 4.98 Å². The first-order chi connectivity index (χ1) is 10.7. The third-order valence-electron chi connectivity index (χ3n) is 5.16. The zero-order valence-corrected chi connectivity index (χ0v) is 15.2. The van der Waals surface area contributed by atoms with Crippen molar-refractivity contribution in [3.05, 3.63) is 18.3 Å². The molecule has 1 saturated carbocycles. The SMILES string of the molecule is CC(C)(O)C1CCC(N2c3ncccc3SC2C(C)(C)F)CC1. The Labute approximate surface area is 142 Å². The molecule has 1 aromatic heterocycles. The largest absolute Gasteiger partial charge is 0.390 e. The first-order valence-electron chi connectivity index (χ1n) is 8.49. The normalized spacial score (nSPS) is 28.8. The van der Waals surface area contributed by atoms with Gasteiger partial charge >= 0.3 is 0 Å². The van der Waals surface area contributed by atoms with Gasteiger partial charge in [0.05, 0.1) is 10.5 Å². The lowest BCUT2D eigenvalue weighted by atomic mass is 9.76. The lowest BCUT2D eigenvalue weighted by molar-refractivity contribution is -0.00212. The van der Waals surface area contributed by atoms with Crippen molar-refractivity contribution >= 4 is 17.6 Å². The summed E-state index contributed by atoms with van der Waals surface area (Å²) in [6, 6.07) is 4.26. The first kappa shape index (κ1) is 17.0. The second-order valence-corrected chi connectivity index (χ2v) is 9.05. The standard InChI is InChI=1S/C18H27FN2OS/c1-17(2,19)16-21(15-14(23-16)6-5-11-20-15)13-9-7-12(8-10-13)18(3,4)22/h5-6,11-13,16,22H,7-10H2,1-4H3. The predicted molar refractivity (Wildman–Crippen MR) is 93.6 cm³/mol. The highest BCUT2D eigenvalue weighted by Gasteiger charge is 2.46. The van der Waals surface area contributed by atoms with Crippen molar-refractivity contribution in [1.29, 1.82) is 0 Å². The summed E-state index contributed by atoms with van der Waals surface area (Å²) >= 11 is 1.59. The Hall–Kier alpha value is -0.810. The Morgan fingerprint density at radius 1 is 1.22 bits per heavy atom. The molecular formula is C18H27FN2OS. The average Bonchev–Trinajstić information content (AvgIpc) is 2.86. The van der Waals surface area contributed by atoms with Crippen LogP contribution in [0.15, 0.2) is 23.2 Å². The lowest BCUT2D eigenvalue weighted by Crippen LogP contribution is -2.50. The molecule has 128 valence electrons. The van der Waals surface area contributed by atoms with E-state index in [-0.39, 0.29) is 5.37 Å². The summed E-state index contributed by atoms with van der Waals surface area (Å²) < 4.78 is 14.8. The molecule has 23 heavy (non-hydrogen) atoms. The Balaban J connectivity index is 1.82. The first-order valence-corrected chi connectivity index (χ1v) is 9.37. The molecule has 1 aromatic rings. The highest BCUT2D eigenvalue weighted by Crippen LogP contribution is 2.50. The molecule has 2 aliphatic rings. The van der Waals surface area contributed by atoms with Gasteiger partial charge in [-0.15, -0.1) is 0 Å². The van der Waals surface area contributed by atoms with E-state index in [4.69, 9.17) is 0 Å². The molecule has 0 bridgehead atoms. The number of alkyl halides is 1. The molecule has 3 rings (SSSR count). The number of anilines is 1. The van der Waals surface area contributed by atoms with E-state index >= 15 is 0 Å². The molecule has 1 unspecified atom stereocenters. The van der Waals surface area contributed by atoms with Gasteiger partial charge in [-0.3, -0.25) is 0 Å². The number of halogens is 1. The number of hydrogen-bond donors (Lipinski definition) is 1. The third-order valence-corrected chi connectivity index (χ3v) is 6.75. The summed E-state index contributed by atoms with van der Waals surface area (Å²) in [5, 5.41) is 10.0. The topological polar surface area (TPSA) is 36.4 Å². The van der Waals surface area contributed by atoms with Crippen LogP contribution in [0.4, 0.5) is 10.2 Å². The summed E-state index contributed by atoms with van der Waals surface area (Å²) in [5.74, 6) is 1.26. The molecule has 5 heteroatoms. The van der Waals surface area contributed by atoms with E-state index in [9.17, 15) is 9.50 Å². The number of nitrogens with zero attached hydrogens (tertiary/aromatic N) is 2. The minimum absolute atomic E-state index is 0.226. The van der Waals surface area contributed by atoms with Gasteiger partial charge in [-0.05, 0) is 71.4 Å². The van der Waals surface area contributed by atoms with E-state index < -0.39 is 11.3 Å². The lowest BCUT2D eigenvalue weighted by Gasteiger charge is -2.43. The molecule has 2 heterocycles. The zero-order chi connectivity index (χ0) is 16.8. The maximum absolute atomic E-state index is 14.8. The number of hydrogen-bond acceptors (Lipinski definition) is 4. The van der Waals surface area contributed by atoms with E-state index in [1.807, 2.05) is 26.0 Å². The van der Waals surface area contributed by atoms with Crippen molar-refractivity contribution in [2.75, 3.05) is 4.90 Å². The third kappa shape index (κ3) is 3.36. The monoisotopic (exact) mass is 338 g/mol. The fourth-order valence-electron chi connectivity index (χ4n) is 3.85. The van der Waals surface area contributed by atoms with Gasteiger partial charge < -0.3 is 10.0 Å². The molecule has 1 fully saturated rings. The van der Waals surface area contributed by atoms with Gasteiger partial charge in [0.25, 0.3) is 0 Å². The van der Waals surface area contributed by atoms with Crippen LogP contribution < -0.4 is 4.90 Å². The molecule has 1 aliphatic heterocycles. The summed E-state index contributed by atoms with van der Waals surface area (Å²) in [7, 11) is 0. The van der Waals surface area contributed by atoms with E-state index in [1.54, 1.807) is 31.8 Å². The van der Waals surface area contributed by atoms with E-state index in [2.05, 4.69) is 9.88 Å². The molecule has 0 radical (unpaired) electrons. The maximum atomic E-state index is 14.8. The summed E-state index contributed by atoms with van der Waals surface area (Å²) in [4.78, 5) is 7.82. The number of aliphatic hydroxyl groups is 1. The van der Waals surface area contributed by atoms with Crippen LogP contribution in [-0.2, 0) is 0 Å². The predicted octanol–water partition coefficient (Wildman–Crippen LogP) is 4.40. The van der Waals surface area contributed by atoms with Gasteiger partial charge in [0.15, 0.2) is 0 Å². The summed E-state index contributed by atoms with van der Waals surface area (Å²) in [6.07, 6.45) is 5.73. The van der Waals surface area contributed by atoms with Gasteiger partial charge in [0.2, 0.25) is 0 Å². The second kappa shape index (κ2) is 5.92. The van der Waals surface area contributed by atoms with Crippen LogP contribution >= 0.6 is 11.8 Å². The Morgan fingerprint density at radius 2 is 1.87 bits per heavy atom. The van der Waals surface area contributed by atoms with Crippen molar-refractivity contribution in [2.24, 2.45) is 5.92 Å². The number of thioether (sulfide) groups is 1. The molecule has 0 amide bonds. The molecular weight excluding hydrogens is 311 g/mol. The van der Waals surface area contributed by atoms with E-state index in [0.717, 1.165) is 36.4 Å². The number of pyridine rings is 1. The fourth-order valence-corrected chi connectivity index (χ4v) is 5.18. The summed E-state index contributed by atoms with van der Waals surface area (Å²) in [6.45, 7) is 7.11. The van der Waals surface area contributed by atoms with Gasteiger partial charge in [-0.1, -0.05) is 11.8 Å². The Kier molecular flexibility index (Phi) is 4.38. The number of fused-ring (bicyclic) bond motifs is 1. The van der Waals surface area contributed by atoms with Crippen molar-refractivity contribution < 1.29 is 9.50 Å². The van der Waals surface area contributed by atoms with Crippen LogP contribution in [-0.4, -0.2) is 32.8 Å². The number of rotatable bonds is 3. The van der Waals surface area contributed by atoms with Crippen LogP contribution in [0.1, 0.15) is 53.4 Å². The van der Waals surface area contributed by atoms with Gasteiger partial charge in [-0.25, -0.2) is 9.37 Å². The average molecular weight is 338 g/mol. The van der Waals surface area contributed by atoms with Gasteiger partial charge in [0.1, 0.15) is 16.9 Å². The van der Waals surface area contributed by atoms with Crippen molar-refractivity contribution in [2.45, 2.75) is 81.0 Å². The molecule has 1 aliphatic carbocycles. The van der Waals surface area contributed by atoms with Gasteiger partial charge in [0, 0.05) is 12.2 Å². The van der Waals surface area contributed by atoms with Crippen LogP contribution in [0.2, 0.25) is 0 Å². The zero-order valence-electron chi connectivity index (χ0n) is 14.4. The second-order valence-electron chi connectivity index (χ2n) is 7.93. The number of aromatic nitrogens is 1. The molecule has 0 spiro atoms. The molecule has 0 aromatic carbocycles. The van der Waals surface area contributed by atoms with E-state index in [0.29, 0.717) is 12.0 Å². The van der Waals surface area contributed by atoms with Crippen LogP contribution in [0, 0.1) is 5.92 Å². The fraction of sp³-hybridized carbons (Fsp3) is 0.722. The highest BCUT2D eigenvalue weighted by atomic mass is 32.2. The minimum Gasteiger partial charge on any atom is -0.390 e. The van der Waals surface area contributed by atoms with Crippen LogP contribution in [0.5, 0.6) is 0 Å². The molecule has 0 saturated heterocycles. The highest BCUT2D eigenvalue weighted by molar-refractivity contribution is 8.00. The van der Waals surface area contributed by atoms with Crippen molar-refractivity contribution in [3.8, 4) is 0 Å². The van der Waals surface area contributed by atoms with Crippen LogP contribution in [0.3, 0.4) is 0 Å². The smallest absolute Gasteiger partial charge is 0.143 e. The molecule has 1 atom stereocenters.